The Labute approximate surface area is 150 Å². The van der Waals surface area contributed by atoms with Crippen molar-refractivity contribution in [1.82, 2.24) is 0 Å². The third kappa shape index (κ3) is 3.74. The van der Waals surface area contributed by atoms with Crippen LogP contribution in [0.3, 0.4) is 0 Å². The Bertz CT molecular complexity index is 998. The van der Waals surface area contributed by atoms with Crippen LogP contribution in [0.1, 0.15) is 36.9 Å². The highest BCUT2D eigenvalue weighted by atomic mass is 35.5. The maximum absolute atomic E-state index is 12.4. The van der Waals surface area contributed by atoms with Crippen LogP contribution in [0.5, 0.6) is 0 Å². The fourth-order valence-electron chi connectivity index (χ4n) is 2.49. The van der Waals surface area contributed by atoms with Crippen molar-refractivity contribution in [1.29, 1.82) is 0 Å². The molecule has 4 nitrogen and oxygen atoms in total. The molecule has 128 valence electrons. The van der Waals surface area contributed by atoms with Gasteiger partial charge in [-0.05, 0) is 41.3 Å². The largest absolute Gasteiger partial charge is 0.451 e. The maximum atomic E-state index is 12.4. The molecule has 25 heavy (non-hydrogen) atoms. The quantitative estimate of drug-likeness (QED) is 0.704. The predicted molar refractivity (Wildman–Crippen MR) is 101 cm³/mol. The van der Waals surface area contributed by atoms with Crippen LogP contribution in [-0.4, -0.2) is 5.91 Å². The molecule has 3 aromatic rings. The minimum absolute atomic E-state index is 0.0367. The molecule has 0 aliphatic heterocycles. The van der Waals surface area contributed by atoms with E-state index in [1.165, 1.54) is 17.7 Å². The molecule has 0 aliphatic carbocycles. The van der Waals surface area contributed by atoms with Crippen LogP contribution >= 0.6 is 11.6 Å². The predicted octanol–water partition coefficient (Wildman–Crippen LogP) is 5.00. The SMILES string of the molecule is CC(C)(C)c1ccc(NC(=O)c2cc(=O)c3cc(Cl)ccc3o2)cc1. The average molecular weight is 356 g/mol. The summed E-state index contributed by atoms with van der Waals surface area (Å²) in [6, 6.07) is 13.5. The van der Waals surface area contributed by atoms with Crippen molar-refractivity contribution >= 4 is 34.2 Å². The molecule has 0 unspecified atom stereocenters. The van der Waals surface area contributed by atoms with Gasteiger partial charge in [-0.3, -0.25) is 9.59 Å². The van der Waals surface area contributed by atoms with Crippen LogP contribution in [0.2, 0.25) is 5.02 Å². The lowest BCUT2D eigenvalue weighted by molar-refractivity contribution is 0.0997. The van der Waals surface area contributed by atoms with E-state index in [-0.39, 0.29) is 16.6 Å². The lowest BCUT2D eigenvalue weighted by atomic mass is 9.87. The Morgan fingerprint density at radius 3 is 2.36 bits per heavy atom. The molecule has 0 saturated heterocycles. The van der Waals surface area contributed by atoms with Crippen molar-refractivity contribution in [3.05, 3.63) is 75.1 Å². The van der Waals surface area contributed by atoms with Crippen LogP contribution in [0.4, 0.5) is 5.69 Å². The number of benzene rings is 2. The Kier molecular flexibility index (Phi) is 4.39. The van der Waals surface area contributed by atoms with Crippen molar-refractivity contribution in [2.45, 2.75) is 26.2 Å². The van der Waals surface area contributed by atoms with Gasteiger partial charge in [0.15, 0.2) is 11.2 Å². The van der Waals surface area contributed by atoms with Gasteiger partial charge in [0.05, 0.1) is 5.39 Å². The van der Waals surface area contributed by atoms with Gasteiger partial charge in [0, 0.05) is 16.8 Å². The minimum Gasteiger partial charge on any atom is -0.451 e. The zero-order valence-electron chi connectivity index (χ0n) is 14.2. The molecule has 0 bridgehead atoms. The molecule has 0 fully saturated rings. The van der Waals surface area contributed by atoms with E-state index < -0.39 is 5.91 Å². The zero-order valence-corrected chi connectivity index (χ0v) is 15.0. The van der Waals surface area contributed by atoms with E-state index in [4.69, 9.17) is 16.0 Å². The number of rotatable bonds is 2. The molecule has 0 radical (unpaired) electrons. The second-order valence-electron chi connectivity index (χ2n) is 6.90. The van der Waals surface area contributed by atoms with Crippen molar-refractivity contribution in [3.8, 4) is 0 Å². The summed E-state index contributed by atoms with van der Waals surface area (Å²) in [6.07, 6.45) is 0. The highest BCUT2D eigenvalue weighted by molar-refractivity contribution is 6.31. The number of carbonyl (C=O) groups excluding carboxylic acids is 1. The first-order valence-corrected chi connectivity index (χ1v) is 8.27. The first-order chi connectivity index (χ1) is 11.7. The van der Waals surface area contributed by atoms with Crippen molar-refractivity contribution < 1.29 is 9.21 Å². The lowest BCUT2D eigenvalue weighted by Crippen LogP contribution is -2.15. The molecule has 3 rings (SSSR count). The van der Waals surface area contributed by atoms with Gasteiger partial charge in [0.2, 0.25) is 0 Å². The molecule has 0 atom stereocenters. The summed E-state index contributed by atoms with van der Waals surface area (Å²) in [6.45, 7) is 6.36. The monoisotopic (exact) mass is 355 g/mol. The van der Waals surface area contributed by atoms with Gasteiger partial charge in [-0.1, -0.05) is 44.5 Å². The van der Waals surface area contributed by atoms with E-state index in [0.717, 1.165) is 0 Å². The van der Waals surface area contributed by atoms with Gasteiger partial charge in [-0.2, -0.15) is 0 Å². The Balaban J connectivity index is 1.87. The molecule has 2 aromatic carbocycles. The number of carbonyl (C=O) groups is 1. The summed E-state index contributed by atoms with van der Waals surface area (Å²) in [5.74, 6) is -0.517. The van der Waals surface area contributed by atoms with E-state index in [1.807, 2.05) is 24.3 Å². The molecule has 1 amide bonds. The summed E-state index contributed by atoms with van der Waals surface area (Å²) in [5, 5.41) is 3.53. The number of hydrogen-bond acceptors (Lipinski definition) is 3. The normalized spacial score (nSPS) is 11.5. The zero-order chi connectivity index (χ0) is 18.2. The van der Waals surface area contributed by atoms with Crippen molar-refractivity contribution in [2.24, 2.45) is 0 Å². The van der Waals surface area contributed by atoms with Gasteiger partial charge in [0.1, 0.15) is 5.58 Å². The van der Waals surface area contributed by atoms with E-state index in [2.05, 4.69) is 26.1 Å². The Morgan fingerprint density at radius 2 is 1.72 bits per heavy atom. The summed E-state index contributed by atoms with van der Waals surface area (Å²) in [4.78, 5) is 24.6. The van der Waals surface area contributed by atoms with Gasteiger partial charge in [0.25, 0.3) is 5.91 Å². The number of nitrogens with one attached hydrogen (secondary N) is 1. The molecule has 1 aromatic heterocycles. The molecule has 0 spiro atoms. The van der Waals surface area contributed by atoms with E-state index in [9.17, 15) is 9.59 Å². The number of fused-ring (bicyclic) bond motifs is 1. The Morgan fingerprint density at radius 1 is 1.04 bits per heavy atom. The minimum atomic E-state index is -0.475. The summed E-state index contributed by atoms with van der Waals surface area (Å²) < 4.78 is 5.54. The van der Waals surface area contributed by atoms with Crippen LogP contribution in [0, 0.1) is 0 Å². The maximum Gasteiger partial charge on any atom is 0.291 e. The fraction of sp³-hybridized carbons (Fsp3) is 0.200. The number of hydrogen-bond donors (Lipinski definition) is 1. The summed E-state index contributed by atoms with van der Waals surface area (Å²) in [7, 11) is 0. The van der Waals surface area contributed by atoms with Crippen molar-refractivity contribution in [3.63, 3.8) is 0 Å². The molecule has 5 heteroatoms. The molecule has 1 heterocycles. The van der Waals surface area contributed by atoms with Crippen LogP contribution in [-0.2, 0) is 5.41 Å². The lowest BCUT2D eigenvalue weighted by Gasteiger charge is -2.19. The summed E-state index contributed by atoms with van der Waals surface area (Å²) in [5.41, 5.74) is 1.85. The van der Waals surface area contributed by atoms with Gasteiger partial charge in [-0.25, -0.2) is 0 Å². The van der Waals surface area contributed by atoms with Crippen LogP contribution in [0.15, 0.2) is 57.7 Å². The van der Waals surface area contributed by atoms with Crippen molar-refractivity contribution in [2.75, 3.05) is 5.32 Å². The van der Waals surface area contributed by atoms with Gasteiger partial charge < -0.3 is 9.73 Å². The van der Waals surface area contributed by atoms with E-state index in [1.54, 1.807) is 12.1 Å². The summed E-state index contributed by atoms with van der Waals surface area (Å²) >= 11 is 5.89. The van der Waals surface area contributed by atoms with E-state index >= 15 is 0 Å². The molecule has 0 aliphatic rings. The number of halogens is 1. The highest BCUT2D eigenvalue weighted by Gasteiger charge is 2.15. The standard InChI is InChI=1S/C20H18ClNO3/c1-20(2,3)12-4-7-14(8-5-12)22-19(24)18-11-16(23)15-10-13(21)6-9-17(15)25-18/h4-11H,1-3H3,(H,22,24). The molecular weight excluding hydrogens is 338 g/mol. The van der Waals surface area contributed by atoms with Crippen LogP contribution in [0.25, 0.3) is 11.0 Å². The smallest absolute Gasteiger partial charge is 0.291 e. The highest BCUT2D eigenvalue weighted by Crippen LogP contribution is 2.24. The third-order valence-electron chi connectivity index (χ3n) is 3.92. The number of amides is 1. The van der Waals surface area contributed by atoms with Gasteiger partial charge in [-0.15, -0.1) is 0 Å². The second-order valence-corrected chi connectivity index (χ2v) is 7.33. The number of anilines is 1. The third-order valence-corrected chi connectivity index (χ3v) is 4.16. The first kappa shape index (κ1) is 17.2. The molecule has 0 saturated carbocycles. The first-order valence-electron chi connectivity index (χ1n) is 7.89. The average Bonchev–Trinajstić information content (AvgIpc) is 2.55. The molecular formula is C20H18ClNO3. The fourth-order valence-corrected chi connectivity index (χ4v) is 2.66. The Hall–Kier alpha value is -2.59. The molecule has 1 N–H and O–H groups in total. The van der Waals surface area contributed by atoms with Gasteiger partial charge >= 0.3 is 0 Å². The van der Waals surface area contributed by atoms with Crippen LogP contribution < -0.4 is 10.7 Å². The second kappa shape index (κ2) is 6.37. The topological polar surface area (TPSA) is 59.3 Å². The van der Waals surface area contributed by atoms with E-state index in [0.29, 0.717) is 21.7 Å².